The van der Waals surface area contributed by atoms with Crippen LogP contribution in [0.5, 0.6) is 5.88 Å². The quantitative estimate of drug-likeness (QED) is 0.786. The molecular formula is C16H20N2O. The van der Waals surface area contributed by atoms with Crippen molar-refractivity contribution in [1.29, 1.82) is 0 Å². The van der Waals surface area contributed by atoms with Crippen molar-refractivity contribution in [2.24, 2.45) is 4.99 Å². The van der Waals surface area contributed by atoms with Gasteiger partial charge >= 0.3 is 0 Å². The number of aromatic amines is 1. The number of benzene rings is 1. The second-order valence-electron chi connectivity index (χ2n) is 5.51. The lowest BCUT2D eigenvalue weighted by Gasteiger charge is -2.16. The minimum atomic E-state index is 0.222. The number of rotatable bonds is 2. The van der Waals surface area contributed by atoms with Gasteiger partial charge in [-0.05, 0) is 31.4 Å². The summed E-state index contributed by atoms with van der Waals surface area (Å²) in [6, 6.07) is 6.59. The maximum atomic E-state index is 10.0. The van der Waals surface area contributed by atoms with Gasteiger partial charge in [-0.1, -0.05) is 31.4 Å². The van der Waals surface area contributed by atoms with Gasteiger partial charge in [-0.2, -0.15) is 0 Å². The molecule has 100 valence electrons. The summed E-state index contributed by atoms with van der Waals surface area (Å²) in [5, 5.41) is 11.1. The summed E-state index contributed by atoms with van der Waals surface area (Å²) in [6.07, 6.45) is 8.10. The Bertz CT molecular complexity index is 606. The van der Waals surface area contributed by atoms with Crippen LogP contribution in [-0.2, 0) is 0 Å². The highest BCUT2D eigenvalue weighted by atomic mass is 16.3. The highest BCUT2D eigenvalue weighted by Crippen LogP contribution is 2.27. The van der Waals surface area contributed by atoms with E-state index in [2.05, 4.69) is 16.0 Å². The van der Waals surface area contributed by atoms with Crippen LogP contribution in [0.15, 0.2) is 23.2 Å². The Hall–Kier alpha value is -1.77. The monoisotopic (exact) mass is 256 g/mol. The van der Waals surface area contributed by atoms with Gasteiger partial charge in [0.1, 0.15) is 0 Å². The average molecular weight is 256 g/mol. The lowest BCUT2D eigenvalue weighted by atomic mass is 9.96. The molecule has 1 aliphatic rings. The third kappa shape index (κ3) is 2.50. The third-order valence-corrected chi connectivity index (χ3v) is 3.96. The van der Waals surface area contributed by atoms with Crippen LogP contribution in [0.2, 0.25) is 0 Å². The van der Waals surface area contributed by atoms with E-state index in [0.717, 1.165) is 16.5 Å². The fourth-order valence-corrected chi connectivity index (χ4v) is 2.86. The molecule has 2 aromatic rings. The molecule has 3 rings (SSSR count). The van der Waals surface area contributed by atoms with Crippen LogP contribution >= 0.6 is 0 Å². The zero-order chi connectivity index (χ0) is 13.2. The number of hydrogen-bond acceptors (Lipinski definition) is 2. The predicted molar refractivity (Wildman–Crippen MR) is 79.2 cm³/mol. The lowest BCUT2D eigenvalue weighted by molar-refractivity contribution is 0.443. The number of aromatic hydroxyl groups is 1. The molecule has 0 atom stereocenters. The van der Waals surface area contributed by atoms with Crippen molar-refractivity contribution in [1.82, 2.24) is 4.98 Å². The zero-order valence-corrected chi connectivity index (χ0v) is 11.3. The summed E-state index contributed by atoms with van der Waals surface area (Å²) >= 11 is 0. The van der Waals surface area contributed by atoms with Crippen LogP contribution in [-0.4, -0.2) is 22.3 Å². The molecule has 1 saturated carbocycles. The second-order valence-corrected chi connectivity index (χ2v) is 5.51. The first-order valence-corrected chi connectivity index (χ1v) is 7.08. The fraction of sp³-hybridized carbons (Fsp3) is 0.438. The summed E-state index contributed by atoms with van der Waals surface area (Å²) in [5.41, 5.74) is 2.98. The molecule has 0 radical (unpaired) electrons. The van der Waals surface area contributed by atoms with E-state index in [9.17, 15) is 5.11 Å². The first-order valence-electron chi connectivity index (χ1n) is 7.08. The normalized spacial score (nSPS) is 17.5. The average Bonchev–Trinajstić information content (AvgIpc) is 2.72. The van der Waals surface area contributed by atoms with E-state index in [0.29, 0.717) is 6.04 Å². The molecule has 0 spiro atoms. The van der Waals surface area contributed by atoms with Gasteiger partial charge in [0.2, 0.25) is 0 Å². The van der Waals surface area contributed by atoms with Crippen LogP contribution in [0.4, 0.5) is 0 Å². The van der Waals surface area contributed by atoms with E-state index >= 15 is 0 Å². The van der Waals surface area contributed by atoms with Gasteiger partial charge in [-0.15, -0.1) is 0 Å². The molecule has 0 amide bonds. The van der Waals surface area contributed by atoms with Crippen molar-refractivity contribution in [3.05, 3.63) is 29.3 Å². The van der Waals surface area contributed by atoms with Crippen LogP contribution in [0.3, 0.4) is 0 Å². The Labute approximate surface area is 113 Å². The Morgan fingerprint density at radius 2 is 2.05 bits per heavy atom. The zero-order valence-electron chi connectivity index (χ0n) is 11.3. The largest absolute Gasteiger partial charge is 0.494 e. The molecule has 1 fully saturated rings. The molecule has 0 aliphatic heterocycles. The number of hydrogen-bond donors (Lipinski definition) is 2. The van der Waals surface area contributed by atoms with Crippen molar-refractivity contribution in [2.45, 2.75) is 45.1 Å². The number of nitrogens with one attached hydrogen (secondary N) is 1. The van der Waals surface area contributed by atoms with Crippen molar-refractivity contribution in [3.63, 3.8) is 0 Å². The van der Waals surface area contributed by atoms with Gasteiger partial charge in [0.25, 0.3) is 0 Å². The molecule has 1 aromatic heterocycles. The standard InChI is InChI=1S/C16H20N2O/c1-11-7-8-13-14(16(19)18-15(13)9-11)10-17-12-5-3-2-4-6-12/h7-10,12,18-19H,2-6H2,1H3. The molecule has 1 heterocycles. The summed E-state index contributed by atoms with van der Waals surface area (Å²) < 4.78 is 0. The molecule has 3 nitrogen and oxygen atoms in total. The first kappa shape index (κ1) is 12.3. The first-order chi connectivity index (χ1) is 9.24. The number of aliphatic imine (C=N–C) groups is 1. The van der Waals surface area contributed by atoms with E-state index < -0.39 is 0 Å². The predicted octanol–water partition coefficient (Wildman–Crippen LogP) is 3.93. The van der Waals surface area contributed by atoms with E-state index in [1.165, 1.54) is 37.7 Å². The molecule has 1 aliphatic carbocycles. The van der Waals surface area contributed by atoms with Crippen LogP contribution in [0.25, 0.3) is 10.9 Å². The van der Waals surface area contributed by atoms with E-state index in [4.69, 9.17) is 0 Å². The maximum Gasteiger partial charge on any atom is 0.198 e. The summed E-state index contributed by atoms with van der Waals surface area (Å²) in [7, 11) is 0. The van der Waals surface area contributed by atoms with Crippen LogP contribution in [0, 0.1) is 6.92 Å². The minimum Gasteiger partial charge on any atom is -0.494 e. The smallest absolute Gasteiger partial charge is 0.198 e. The van der Waals surface area contributed by atoms with Gasteiger partial charge in [-0.25, -0.2) is 0 Å². The van der Waals surface area contributed by atoms with E-state index in [-0.39, 0.29) is 5.88 Å². The van der Waals surface area contributed by atoms with Gasteiger partial charge in [0.15, 0.2) is 5.88 Å². The summed E-state index contributed by atoms with van der Waals surface area (Å²) in [4.78, 5) is 7.67. The van der Waals surface area contributed by atoms with Gasteiger partial charge in [-0.3, -0.25) is 4.99 Å². The van der Waals surface area contributed by atoms with Crippen LogP contribution in [0.1, 0.15) is 43.2 Å². The Kier molecular flexibility index (Phi) is 3.28. The lowest BCUT2D eigenvalue weighted by Crippen LogP contribution is -2.09. The van der Waals surface area contributed by atoms with Crippen molar-refractivity contribution >= 4 is 17.1 Å². The summed E-state index contributed by atoms with van der Waals surface area (Å²) in [6.45, 7) is 2.05. The summed E-state index contributed by atoms with van der Waals surface area (Å²) in [5.74, 6) is 0.222. The van der Waals surface area contributed by atoms with Crippen molar-refractivity contribution < 1.29 is 5.11 Å². The fourth-order valence-electron chi connectivity index (χ4n) is 2.86. The highest BCUT2D eigenvalue weighted by Gasteiger charge is 2.13. The molecule has 19 heavy (non-hydrogen) atoms. The molecule has 0 unspecified atom stereocenters. The number of nitrogens with zero attached hydrogens (tertiary/aromatic N) is 1. The second kappa shape index (κ2) is 5.08. The van der Waals surface area contributed by atoms with Crippen molar-refractivity contribution in [2.75, 3.05) is 0 Å². The molecule has 1 aromatic carbocycles. The molecular weight excluding hydrogens is 236 g/mol. The number of fused-ring (bicyclic) bond motifs is 1. The van der Waals surface area contributed by atoms with Crippen molar-refractivity contribution in [3.8, 4) is 5.88 Å². The van der Waals surface area contributed by atoms with E-state index in [1.54, 1.807) is 0 Å². The molecule has 2 N–H and O–H groups in total. The SMILES string of the molecule is Cc1ccc2c(C=NC3CCCCC3)c(O)[nH]c2c1. The topological polar surface area (TPSA) is 48.4 Å². The molecule has 0 bridgehead atoms. The van der Waals surface area contributed by atoms with Crippen LogP contribution < -0.4 is 0 Å². The Balaban J connectivity index is 1.91. The van der Waals surface area contributed by atoms with Gasteiger partial charge < -0.3 is 10.1 Å². The Morgan fingerprint density at radius 3 is 2.84 bits per heavy atom. The molecule has 3 heteroatoms. The Morgan fingerprint density at radius 1 is 1.26 bits per heavy atom. The minimum absolute atomic E-state index is 0.222. The van der Waals surface area contributed by atoms with Gasteiger partial charge in [0.05, 0.1) is 5.56 Å². The number of aryl methyl sites for hydroxylation is 1. The molecule has 0 saturated heterocycles. The third-order valence-electron chi connectivity index (χ3n) is 3.96. The highest BCUT2D eigenvalue weighted by molar-refractivity contribution is 6.02. The number of aromatic nitrogens is 1. The number of H-pyrrole nitrogens is 1. The maximum absolute atomic E-state index is 10.0. The van der Waals surface area contributed by atoms with Gasteiger partial charge in [0, 0.05) is 23.2 Å². The van der Waals surface area contributed by atoms with E-state index in [1.807, 2.05) is 25.3 Å².